The molecule has 0 spiro atoms. The smallest absolute Gasteiger partial charge is 0.229 e. The van der Waals surface area contributed by atoms with Gasteiger partial charge >= 0.3 is 0 Å². The summed E-state index contributed by atoms with van der Waals surface area (Å²) in [4.78, 5) is 34.4. The van der Waals surface area contributed by atoms with Gasteiger partial charge in [0.15, 0.2) is 17.3 Å². The number of methoxy groups -OCH3 is 3. The van der Waals surface area contributed by atoms with Crippen molar-refractivity contribution in [2.24, 2.45) is 5.92 Å². The van der Waals surface area contributed by atoms with Gasteiger partial charge in [-0.2, -0.15) is 0 Å². The van der Waals surface area contributed by atoms with Gasteiger partial charge in [0.1, 0.15) is 0 Å². The maximum atomic E-state index is 12.9. The summed E-state index contributed by atoms with van der Waals surface area (Å²) in [5.74, 6) is 1.57. The van der Waals surface area contributed by atoms with Gasteiger partial charge in [-0.1, -0.05) is 26.7 Å². The molecule has 0 radical (unpaired) electrons. The minimum absolute atomic E-state index is 0.0253. The highest BCUT2D eigenvalue weighted by Gasteiger charge is 2.30. The topological polar surface area (TPSA) is 99.6 Å². The fraction of sp³-hybridized carbons (Fsp3) is 0.520. The number of anilines is 1. The molecule has 1 N–H and O–H groups in total. The average Bonchev–Trinajstić information content (AvgIpc) is 2.82. The van der Waals surface area contributed by atoms with Crippen LogP contribution < -0.4 is 19.5 Å². The Morgan fingerprint density at radius 1 is 1.06 bits per heavy atom. The molecule has 178 valence electrons. The Balaban J connectivity index is 1.87. The second kappa shape index (κ2) is 11.1. The molecule has 0 bridgehead atoms. The Morgan fingerprint density at radius 3 is 2.24 bits per heavy atom. The number of amides is 1. The van der Waals surface area contributed by atoms with Crippen LogP contribution in [-0.2, 0) is 11.2 Å². The Hall–Kier alpha value is -3.16. The number of carbonyl (C=O) groups excluding carboxylic acids is 2. The predicted molar refractivity (Wildman–Crippen MR) is 125 cm³/mol. The summed E-state index contributed by atoms with van der Waals surface area (Å²) < 4.78 is 16.3. The Labute approximate surface area is 195 Å². The molecule has 1 amide bonds. The lowest BCUT2D eigenvalue weighted by Crippen LogP contribution is -2.26. The van der Waals surface area contributed by atoms with Crippen LogP contribution in [0.5, 0.6) is 17.2 Å². The highest BCUT2D eigenvalue weighted by atomic mass is 16.5. The molecule has 33 heavy (non-hydrogen) atoms. The fourth-order valence-corrected chi connectivity index (χ4v) is 4.39. The largest absolute Gasteiger partial charge is 0.493 e. The highest BCUT2D eigenvalue weighted by molar-refractivity contribution is 5.99. The molecule has 0 saturated heterocycles. The number of carbonyl (C=O) groups is 2. The number of nitrogens with zero attached hydrogens (tertiary/aromatic N) is 2. The Kier molecular flexibility index (Phi) is 8.25. The van der Waals surface area contributed by atoms with Gasteiger partial charge in [-0.3, -0.25) is 14.9 Å². The van der Waals surface area contributed by atoms with Crippen molar-refractivity contribution in [1.29, 1.82) is 0 Å². The zero-order chi connectivity index (χ0) is 24.0. The molecule has 0 saturated carbocycles. The molecule has 8 heteroatoms. The van der Waals surface area contributed by atoms with Crippen LogP contribution in [0.1, 0.15) is 73.5 Å². The van der Waals surface area contributed by atoms with Crippen molar-refractivity contribution in [2.75, 3.05) is 26.6 Å². The normalized spacial score (nSPS) is 15.2. The van der Waals surface area contributed by atoms with Crippen LogP contribution >= 0.6 is 0 Å². The summed E-state index contributed by atoms with van der Waals surface area (Å²) in [5.41, 5.74) is 2.05. The van der Waals surface area contributed by atoms with E-state index in [4.69, 9.17) is 14.2 Å². The second-order valence-electron chi connectivity index (χ2n) is 8.30. The number of rotatable bonds is 10. The molecule has 1 aromatic carbocycles. The number of benzene rings is 1. The Morgan fingerprint density at radius 2 is 1.70 bits per heavy atom. The summed E-state index contributed by atoms with van der Waals surface area (Å²) in [6.45, 7) is 4.14. The number of nitrogens with one attached hydrogen (secondary N) is 1. The summed E-state index contributed by atoms with van der Waals surface area (Å²) in [6, 6.07) is 3.74. The number of Topliss-reactive ketones (excluding diaryl/α,β-unsaturated/α-hetero) is 1. The third kappa shape index (κ3) is 5.43. The van der Waals surface area contributed by atoms with Crippen molar-refractivity contribution in [3.63, 3.8) is 0 Å². The molecule has 1 aliphatic rings. The van der Waals surface area contributed by atoms with E-state index in [0.29, 0.717) is 41.3 Å². The lowest BCUT2D eigenvalue weighted by Gasteiger charge is -2.25. The van der Waals surface area contributed by atoms with Crippen LogP contribution in [0.25, 0.3) is 0 Å². The van der Waals surface area contributed by atoms with E-state index in [1.54, 1.807) is 21.3 Å². The van der Waals surface area contributed by atoms with Gasteiger partial charge in [0, 0.05) is 18.5 Å². The SMILES string of the molecule is CCCC(CCC)C(=O)Nc1ncc2c(n1)C[C@@H](c1cc(OC)c(OC)c(OC)c1)CC2=O. The first-order valence-electron chi connectivity index (χ1n) is 11.4. The molecule has 3 rings (SSSR count). The third-order valence-corrected chi connectivity index (χ3v) is 6.08. The second-order valence-corrected chi connectivity index (χ2v) is 8.30. The molecule has 0 unspecified atom stereocenters. The average molecular weight is 456 g/mol. The fourth-order valence-electron chi connectivity index (χ4n) is 4.39. The monoisotopic (exact) mass is 455 g/mol. The minimum Gasteiger partial charge on any atom is -0.493 e. The number of ketones is 1. The number of hydrogen-bond acceptors (Lipinski definition) is 7. The molecular formula is C25H33N3O5. The molecular weight excluding hydrogens is 422 g/mol. The van der Waals surface area contributed by atoms with Crippen molar-refractivity contribution in [1.82, 2.24) is 9.97 Å². The lowest BCUT2D eigenvalue weighted by molar-refractivity contribution is -0.120. The van der Waals surface area contributed by atoms with E-state index >= 15 is 0 Å². The first-order chi connectivity index (χ1) is 15.9. The summed E-state index contributed by atoms with van der Waals surface area (Å²) in [6.07, 6.45) is 5.93. The van der Waals surface area contributed by atoms with Gasteiger partial charge in [0.2, 0.25) is 17.6 Å². The van der Waals surface area contributed by atoms with Crippen LogP contribution in [0.2, 0.25) is 0 Å². The summed E-state index contributed by atoms with van der Waals surface area (Å²) in [5, 5.41) is 2.85. The van der Waals surface area contributed by atoms with Gasteiger partial charge < -0.3 is 14.2 Å². The van der Waals surface area contributed by atoms with Crippen LogP contribution in [0.4, 0.5) is 5.95 Å². The number of aromatic nitrogens is 2. The number of fused-ring (bicyclic) bond motifs is 1. The molecule has 0 fully saturated rings. The molecule has 2 aromatic rings. The predicted octanol–water partition coefficient (Wildman–Crippen LogP) is 4.57. The maximum absolute atomic E-state index is 12.9. The quantitative estimate of drug-likeness (QED) is 0.560. The molecule has 0 aliphatic heterocycles. The zero-order valence-electron chi connectivity index (χ0n) is 20.1. The van der Waals surface area contributed by atoms with Gasteiger partial charge in [0.25, 0.3) is 0 Å². The van der Waals surface area contributed by atoms with Crippen molar-refractivity contribution in [3.05, 3.63) is 35.2 Å². The zero-order valence-corrected chi connectivity index (χ0v) is 20.1. The van der Waals surface area contributed by atoms with Gasteiger partial charge in [-0.05, 0) is 42.9 Å². The first-order valence-corrected chi connectivity index (χ1v) is 11.4. The number of hydrogen-bond donors (Lipinski definition) is 1. The van der Waals surface area contributed by atoms with Gasteiger partial charge in [-0.15, -0.1) is 0 Å². The van der Waals surface area contributed by atoms with E-state index < -0.39 is 0 Å². The van der Waals surface area contributed by atoms with E-state index in [0.717, 1.165) is 31.2 Å². The first kappa shape index (κ1) is 24.5. The summed E-state index contributed by atoms with van der Waals surface area (Å²) >= 11 is 0. The van der Waals surface area contributed by atoms with Crippen LogP contribution in [0.15, 0.2) is 18.3 Å². The van der Waals surface area contributed by atoms with Gasteiger partial charge in [-0.25, -0.2) is 9.97 Å². The van der Waals surface area contributed by atoms with Crippen LogP contribution in [0.3, 0.4) is 0 Å². The standard InChI is InChI=1S/C25H33N3O5/c1-6-8-15(9-7-2)24(30)28-25-26-14-18-19(27-25)10-16(11-20(18)29)17-12-21(31-3)23(33-5)22(13-17)32-4/h12-16H,6-11H2,1-5H3,(H,26,27,28,30)/t16-/m1/s1. The Bertz CT molecular complexity index is 977. The maximum Gasteiger partial charge on any atom is 0.229 e. The van der Waals surface area contributed by atoms with E-state index in [9.17, 15) is 9.59 Å². The van der Waals surface area contributed by atoms with Gasteiger partial charge in [0.05, 0.1) is 32.6 Å². The van der Waals surface area contributed by atoms with Crippen LogP contribution in [-0.4, -0.2) is 43.0 Å². The van der Waals surface area contributed by atoms with E-state index in [2.05, 4.69) is 29.1 Å². The molecule has 1 heterocycles. The third-order valence-electron chi connectivity index (χ3n) is 6.08. The number of ether oxygens (including phenoxy) is 3. The molecule has 1 atom stereocenters. The summed E-state index contributed by atoms with van der Waals surface area (Å²) in [7, 11) is 4.68. The molecule has 8 nitrogen and oxygen atoms in total. The minimum atomic E-state index is -0.106. The van der Waals surface area contributed by atoms with Crippen molar-refractivity contribution >= 4 is 17.6 Å². The highest BCUT2D eigenvalue weighted by Crippen LogP contribution is 2.42. The van der Waals surface area contributed by atoms with E-state index in [1.807, 2.05) is 12.1 Å². The molecule has 1 aromatic heterocycles. The van der Waals surface area contributed by atoms with E-state index in [-0.39, 0.29) is 29.5 Å². The van der Waals surface area contributed by atoms with E-state index in [1.165, 1.54) is 6.20 Å². The van der Waals surface area contributed by atoms with Crippen molar-refractivity contribution in [2.45, 2.75) is 58.3 Å². The molecule has 1 aliphatic carbocycles. The lowest BCUT2D eigenvalue weighted by atomic mass is 9.82. The van der Waals surface area contributed by atoms with Crippen molar-refractivity contribution < 1.29 is 23.8 Å². The van der Waals surface area contributed by atoms with Crippen molar-refractivity contribution in [3.8, 4) is 17.2 Å². The van der Waals surface area contributed by atoms with Crippen LogP contribution in [0, 0.1) is 5.92 Å².